The van der Waals surface area contributed by atoms with Crippen molar-refractivity contribution in [2.45, 2.75) is 186 Å². The molecule has 1 amide bonds. The first-order chi connectivity index (χ1) is 33.7. The van der Waals surface area contributed by atoms with Crippen molar-refractivity contribution in [3.63, 3.8) is 0 Å². The highest BCUT2D eigenvalue weighted by molar-refractivity contribution is 6.39. The number of esters is 1. The second-order valence-electron chi connectivity index (χ2n) is 21.6. The molecular formula is C56H86N4O11. The van der Waals surface area contributed by atoms with Crippen LogP contribution < -0.4 is 16.2 Å². The molecule has 1 aliphatic carbocycles. The maximum atomic E-state index is 14.5. The standard InChI is InChI=1S/C56H86N4O11/c1-34-17-12-11-13-18-35(2)46(59(8)44-20-16-27-58-53(44)64)33-43-25-22-40(7)56(67,71-43)52(63)54(65)60-28-15-14-19-45(60)55(66)70-47(37(4)30-41-23-21-36(3)48(32-41)68-9)26-24-42(57)31-39(6)50(62)51(69-10)49(61)38(5)29-34/h11-13,16-18,20,27,31,34,36-38,40-43,45-48,50-51,62,67H,14-15,19,21-26,28-30,32-33,57H2,1-10H3,(H,58,64)/b13-11+,17-12+,35-18+,39-31+/t34-,36-,37-,38?,40?,41?,42+,43?,45?,46-,47+,48?,50?,51+,56?/m1/s1. The number of amides is 1. The van der Waals surface area contributed by atoms with Crippen LogP contribution in [0.3, 0.4) is 0 Å². The van der Waals surface area contributed by atoms with E-state index in [1.165, 1.54) is 12.0 Å². The number of carbonyl (C=O) groups is 4. The van der Waals surface area contributed by atoms with Gasteiger partial charge in [-0.1, -0.05) is 76.6 Å². The predicted octanol–water partition coefficient (Wildman–Crippen LogP) is 7.15. The van der Waals surface area contributed by atoms with Crippen LogP contribution in [-0.4, -0.2) is 126 Å². The summed E-state index contributed by atoms with van der Waals surface area (Å²) in [6.07, 6.45) is 17.1. The fourth-order valence-electron chi connectivity index (χ4n) is 11.4. The molecule has 4 heterocycles. The number of rotatable bonds is 7. The van der Waals surface area contributed by atoms with Gasteiger partial charge < -0.3 is 49.7 Å². The van der Waals surface area contributed by atoms with E-state index < -0.39 is 77.8 Å². The summed E-state index contributed by atoms with van der Waals surface area (Å²) >= 11 is 0. The van der Waals surface area contributed by atoms with Gasteiger partial charge in [0.1, 0.15) is 30.0 Å². The molecule has 5 N–H and O–H groups in total. The maximum Gasteiger partial charge on any atom is 0.329 e. The molecule has 8 unspecified atom stereocenters. The molecule has 1 aromatic rings. The molecule has 15 atom stereocenters. The molecule has 2 saturated heterocycles. The number of aliphatic hydroxyl groups excluding tert-OH is 1. The minimum absolute atomic E-state index is 0.00978. The van der Waals surface area contributed by atoms with Crippen LogP contribution in [-0.2, 0) is 38.1 Å². The largest absolute Gasteiger partial charge is 0.461 e. The summed E-state index contributed by atoms with van der Waals surface area (Å²) in [5, 5.41) is 23.7. The van der Waals surface area contributed by atoms with E-state index in [2.05, 4.69) is 18.8 Å². The molecule has 4 aliphatic rings. The molecule has 1 aromatic heterocycles. The minimum Gasteiger partial charge on any atom is -0.461 e. The number of ketones is 2. The molecule has 396 valence electrons. The normalized spacial score (nSPS) is 37.9. The monoisotopic (exact) mass is 991 g/mol. The fourth-order valence-corrected chi connectivity index (χ4v) is 11.4. The topological polar surface area (TPSA) is 211 Å². The summed E-state index contributed by atoms with van der Waals surface area (Å²) in [6, 6.07) is 1.41. The summed E-state index contributed by atoms with van der Waals surface area (Å²) in [6.45, 7) is 13.6. The lowest BCUT2D eigenvalue weighted by atomic mass is 9.76. The van der Waals surface area contributed by atoms with Crippen molar-refractivity contribution in [1.29, 1.82) is 0 Å². The van der Waals surface area contributed by atoms with Gasteiger partial charge in [-0.05, 0) is 139 Å². The van der Waals surface area contributed by atoms with Crippen molar-refractivity contribution < 1.29 is 48.3 Å². The third-order valence-corrected chi connectivity index (χ3v) is 16.1. The number of cyclic esters (lactones) is 1. The zero-order valence-electron chi connectivity index (χ0n) is 44.2. The first-order valence-electron chi connectivity index (χ1n) is 26.3. The lowest BCUT2D eigenvalue weighted by Gasteiger charge is -2.43. The van der Waals surface area contributed by atoms with Gasteiger partial charge in [0, 0.05) is 51.9 Å². The van der Waals surface area contributed by atoms with E-state index in [1.54, 1.807) is 45.4 Å². The van der Waals surface area contributed by atoms with Crippen LogP contribution in [0.5, 0.6) is 0 Å². The molecule has 0 spiro atoms. The molecule has 71 heavy (non-hydrogen) atoms. The van der Waals surface area contributed by atoms with Gasteiger partial charge in [0.2, 0.25) is 5.79 Å². The number of carbonyl (C=O) groups excluding carboxylic acids is 4. The smallest absolute Gasteiger partial charge is 0.329 e. The van der Waals surface area contributed by atoms with E-state index in [9.17, 15) is 34.2 Å². The lowest BCUT2D eigenvalue weighted by molar-refractivity contribution is -0.263. The number of nitrogens with two attached hydrogens (primary N) is 1. The first kappa shape index (κ1) is 57.6. The summed E-state index contributed by atoms with van der Waals surface area (Å²) in [4.78, 5) is 76.3. The molecule has 15 nitrogen and oxygen atoms in total. The van der Waals surface area contributed by atoms with Crippen LogP contribution in [0.2, 0.25) is 0 Å². The Morgan fingerprint density at radius 1 is 0.915 bits per heavy atom. The van der Waals surface area contributed by atoms with Gasteiger partial charge in [-0.2, -0.15) is 0 Å². The highest BCUT2D eigenvalue weighted by Gasteiger charge is 2.53. The number of Topliss-reactive ketones (excluding diaryl/α,β-unsaturated/α-hetero) is 2. The van der Waals surface area contributed by atoms with Crippen molar-refractivity contribution in [3.8, 4) is 0 Å². The summed E-state index contributed by atoms with van der Waals surface area (Å²) < 4.78 is 24.3. The maximum absolute atomic E-state index is 14.5. The van der Waals surface area contributed by atoms with Crippen molar-refractivity contribution >= 4 is 29.1 Å². The van der Waals surface area contributed by atoms with Crippen LogP contribution in [0.15, 0.2) is 70.7 Å². The van der Waals surface area contributed by atoms with Crippen LogP contribution in [0.4, 0.5) is 5.69 Å². The van der Waals surface area contributed by atoms with E-state index >= 15 is 0 Å². The van der Waals surface area contributed by atoms with Gasteiger partial charge in [0.05, 0.1) is 18.2 Å². The predicted molar refractivity (Wildman–Crippen MR) is 275 cm³/mol. The molecule has 1 saturated carbocycles. The van der Waals surface area contributed by atoms with E-state index in [4.69, 9.17) is 24.7 Å². The number of aromatic amines is 1. The van der Waals surface area contributed by atoms with E-state index in [-0.39, 0.29) is 48.7 Å². The average Bonchev–Trinajstić information content (AvgIpc) is 3.35. The molecular weight excluding hydrogens is 905 g/mol. The number of ether oxygens (including phenoxy) is 4. The number of methoxy groups -OCH3 is 2. The Kier molecular flexibility index (Phi) is 21.6. The Morgan fingerprint density at radius 3 is 2.37 bits per heavy atom. The highest BCUT2D eigenvalue weighted by atomic mass is 16.6. The SMILES string of the molecule is COC1CC(C[C@@H](C)[C@@H]2CC[C@H](N)/C=C(\C)C(O)[C@@H](OC)C(=O)C(C)C[C@H](C)/C=C/C=C/C=C(\C)[C@H](N(C)c3ccc[nH]c3=O)CC3CCC(C)C(O)(O3)C(=O)C(=O)N3CCCCC3C(=O)O2)CC[C@H]1C. The zero-order chi connectivity index (χ0) is 52.2. The van der Waals surface area contributed by atoms with E-state index in [0.29, 0.717) is 68.0 Å². The number of piperidine rings is 1. The van der Waals surface area contributed by atoms with Crippen LogP contribution in [0.1, 0.15) is 132 Å². The Balaban J connectivity index is 1.50. The first-order valence-corrected chi connectivity index (χ1v) is 26.3. The van der Waals surface area contributed by atoms with Gasteiger partial charge in [-0.15, -0.1) is 0 Å². The van der Waals surface area contributed by atoms with Gasteiger partial charge in [-0.3, -0.25) is 19.2 Å². The van der Waals surface area contributed by atoms with Gasteiger partial charge in [0.15, 0.2) is 5.78 Å². The number of H-pyrrole nitrogens is 1. The number of hydrogen-bond donors (Lipinski definition) is 4. The van der Waals surface area contributed by atoms with Crippen LogP contribution >= 0.6 is 0 Å². The average molecular weight is 991 g/mol. The van der Waals surface area contributed by atoms with Gasteiger partial charge >= 0.3 is 5.97 Å². The number of anilines is 1. The quantitative estimate of drug-likeness (QED) is 0.122. The van der Waals surface area contributed by atoms with E-state index in [0.717, 1.165) is 31.3 Å². The highest BCUT2D eigenvalue weighted by Crippen LogP contribution is 2.39. The number of allylic oxidation sites excluding steroid dienone is 5. The zero-order valence-corrected chi connectivity index (χ0v) is 44.2. The number of fused-ring (bicyclic) bond motifs is 3. The molecule has 5 rings (SSSR count). The molecule has 3 aliphatic heterocycles. The van der Waals surface area contributed by atoms with Crippen molar-refractivity contribution in [2.24, 2.45) is 41.2 Å². The molecule has 0 aromatic carbocycles. The van der Waals surface area contributed by atoms with Crippen molar-refractivity contribution in [2.75, 3.05) is 32.7 Å². The Hall–Kier alpha value is -4.25. The number of likely N-dealkylation sites (N-methyl/N-ethyl adjacent to an activating group) is 1. The Bertz CT molecular complexity index is 2140. The number of nitrogens with zero attached hydrogens (tertiary/aromatic N) is 2. The van der Waals surface area contributed by atoms with Crippen LogP contribution in [0, 0.1) is 35.5 Å². The number of hydrogen-bond acceptors (Lipinski definition) is 13. The fraction of sp³-hybridized carbons (Fsp3) is 0.696. The van der Waals surface area contributed by atoms with Crippen molar-refractivity contribution in [1.82, 2.24) is 9.88 Å². The Morgan fingerprint density at radius 2 is 1.66 bits per heavy atom. The Labute approximate surface area is 422 Å². The number of aliphatic hydroxyl groups is 2. The minimum atomic E-state index is -2.46. The third-order valence-electron chi connectivity index (χ3n) is 16.1. The van der Waals surface area contributed by atoms with Crippen LogP contribution in [0.25, 0.3) is 0 Å². The summed E-state index contributed by atoms with van der Waals surface area (Å²) in [5.41, 5.74) is 8.22. The second kappa shape index (κ2) is 26.6. The number of aromatic nitrogens is 1. The molecule has 0 radical (unpaired) electrons. The molecule has 3 fully saturated rings. The van der Waals surface area contributed by atoms with Gasteiger partial charge in [-0.25, -0.2) is 4.79 Å². The lowest BCUT2D eigenvalue weighted by Crippen LogP contribution is -2.61. The van der Waals surface area contributed by atoms with Crippen molar-refractivity contribution in [3.05, 3.63) is 76.3 Å². The van der Waals surface area contributed by atoms with Gasteiger partial charge in [0.25, 0.3) is 17.2 Å². The molecule has 2 bridgehead atoms. The third kappa shape index (κ3) is 14.9. The molecule has 15 heteroatoms. The van der Waals surface area contributed by atoms with E-state index in [1.807, 2.05) is 63.1 Å². The number of nitrogens with one attached hydrogen (secondary N) is 1. The second-order valence-corrected chi connectivity index (χ2v) is 21.6. The summed E-state index contributed by atoms with van der Waals surface area (Å²) in [7, 11) is 4.98. The summed E-state index contributed by atoms with van der Waals surface area (Å²) in [5.74, 6) is -5.86. The number of pyridine rings is 1.